The number of hydrogen-bond donors (Lipinski definition) is 1. The van der Waals surface area contributed by atoms with Gasteiger partial charge in [0.25, 0.3) is 0 Å². The van der Waals surface area contributed by atoms with Gasteiger partial charge in [0.05, 0.1) is 0 Å². The molecule has 5 atom stereocenters. The minimum Gasteiger partial charge on any atom is -0.463 e. The molecule has 1 fully saturated rings. The second kappa shape index (κ2) is 10.8. The van der Waals surface area contributed by atoms with Crippen molar-refractivity contribution in [1.29, 1.82) is 0 Å². The van der Waals surface area contributed by atoms with Gasteiger partial charge >= 0.3 is 30.0 Å². The average molecular weight is 439 g/mol. The van der Waals surface area contributed by atoms with Gasteiger partial charge in [0.15, 0.2) is 18.5 Å². The van der Waals surface area contributed by atoms with Gasteiger partial charge < -0.3 is 29.0 Å². The number of ether oxygens (including phenoxy) is 5. The molecule has 0 aliphatic carbocycles. The third-order valence-corrected chi connectivity index (χ3v) is 3.59. The monoisotopic (exact) mass is 439 g/mol. The van der Waals surface area contributed by atoms with Crippen molar-refractivity contribution in [3.05, 3.63) is 0 Å². The molecule has 10 nitrogen and oxygen atoms in total. The molecule has 0 saturated carbocycles. The normalized spacial score (nSPS) is 26.1. The van der Waals surface area contributed by atoms with Crippen molar-refractivity contribution in [3.63, 3.8) is 0 Å². The summed E-state index contributed by atoms with van der Waals surface area (Å²) in [5.74, 6) is -2.93. The molecule has 30 heavy (non-hydrogen) atoms. The minimum atomic E-state index is -5.29. The molecule has 1 amide bonds. The van der Waals surface area contributed by atoms with Crippen LogP contribution in [0.4, 0.5) is 13.2 Å². The molecule has 1 heterocycles. The Morgan fingerprint density at radius 2 is 1.60 bits per heavy atom. The summed E-state index contributed by atoms with van der Waals surface area (Å²) >= 11 is 0. The summed E-state index contributed by atoms with van der Waals surface area (Å²) in [6, 6.07) is -1.77. The van der Waals surface area contributed by atoms with Crippen LogP contribution in [0.2, 0.25) is 0 Å². The van der Waals surface area contributed by atoms with Crippen molar-refractivity contribution in [2.45, 2.75) is 57.6 Å². The number of carbonyl (C=O) groups excluding carboxylic acids is 4. The van der Waals surface area contributed by atoms with Crippen molar-refractivity contribution in [1.82, 2.24) is 5.32 Å². The molecule has 1 aliphatic heterocycles. The van der Waals surface area contributed by atoms with Crippen LogP contribution in [0.3, 0.4) is 0 Å². The van der Waals surface area contributed by atoms with E-state index in [9.17, 15) is 32.3 Å². The number of esters is 3. The lowest BCUT2D eigenvalue weighted by Crippen LogP contribution is -2.67. The Bertz CT molecular complexity index is 704. The topological polar surface area (TPSA) is 126 Å². The maximum atomic E-state index is 12.8. The number of alkyl halides is 3. The van der Waals surface area contributed by atoms with Crippen LogP contribution in [0.1, 0.15) is 20.8 Å². The second-order valence-corrected chi connectivity index (χ2v) is 6.01. The zero-order chi connectivity index (χ0) is 23.1. The molecule has 1 saturated heterocycles. The molecule has 0 aromatic heterocycles. The zero-order valence-corrected chi connectivity index (χ0v) is 16.2. The van der Waals surface area contributed by atoms with Crippen molar-refractivity contribution in [2.24, 2.45) is 0 Å². The van der Waals surface area contributed by atoms with Crippen molar-refractivity contribution >= 4 is 23.8 Å². The molecule has 0 radical (unpaired) electrons. The molecule has 0 unspecified atom stereocenters. The highest BCUT2D eigenvalue weighted by atomic mass is 19.4. The van der Waals surface area contributed by atoms with E-state index in [1.54, 1.807) is 5.32 Å². The first-order chi connectivity index (χ1) is 13.9. The Hall–Kier alpha value is -2.85. The molecule has 1 rings (SSSR count). The Balaban J connectivity index is 3.36. The predicted molar refractivity (Wildman–Crippen MR) is 89.2 cm³/mol. The summed E-state index contributed by atoms with van der Waals surface area (Å²) in [6.45, 7) is 2.03. The van der Waals surface area contributed by atoms with Crippen LogP contribution in [0.5, 0.6) is 0 Å². The number of terminal acetylenes is 1. The molecule has 0 aromatic rings. The van der Waals surface area contributed by atoms with Crippen LogP contribution in [-0.4, -0.2) is 73.8 Å². The summed E-state index contributed by atoms with van der Waals surface area (Å²) in [7, 11) is 0. The van der Waals surface area contributed by atoms with Gasteiger partial charge in [-0.1, -0.05) is 5.92 Å². The van der Waals surface area contributed by atoms with Crippen molar-refractivity contribution < 1.29 is 56.0 Å². The average Bonchev–Trinajstić information content (AvgIpc) is 2.60. The van der Waals surface area contributed by atoms with Crippen LogP contribution >= 0.6 is 0 Å². The van der Waals surface area contributed by atoms with Crippen LogP contribution in [0.25, 0.3) is 0 Å². The third kappa shape index (κ3) is 7.53. The van der Waals surface area contributed by atoms with E-state index in [4.69, 9.17) is 30.1 Å². The highest BCUT2D eigenvalue weighted by molar-refractivity contribution is 5.82. The lowest BCUT2D eigenvalue weighted by atomic mass is 9.96. The number of nitrogens with one attached hydrogen (secondary N) is 1. The highest BCUT2D eigenvalue weighted by Crippen LogP contribution is 2.29. The molecule has 1 aliphatic rings. The van der Waals surface area contributed by atoms with E-state index >= 15 is 0 Å². The van der Waals surface area contributed by atoms with Gasteiger partial charge in [-0.05, 0) is 0 Å². The van der Waals surface area contributed by atoms with Crippen LogP contribution < -0.4 is 5.32 Å². The Kier molecular flexibility index (Phi) is 9.06. The summed E-state index contributed by atoms with van der Waals surface area (Å²) < 4.78 is 63.8. The third-order valence-electron chi connectivity index (χ3n) is 3.59. The SMILES string of the molecule is C#CCO[C@@H]1O[C@H](COC(C)=O)[C@@H](OC(C)=O)[C@H](OC(C)=O)[C@H]1NC(=O)C(F)(F)F. The number of hydrogen-bond acceptors (Lipinski definition) is 9. The standard InChI is InChI=1S/C17H20F3NO9/c1-5-6-26-15-12(21-16(25)17(18,19)20)14(29-10(4)24)13(28-9(3)23)11(30-15)7-27-8(2)22/h1,11-15H,6-7H2,2-4H3,(H,21,25)/t11-,12-,13-,14-,15-/m1/s1. The molecule has 0 bridgehead atoms. The zero-order valence-electron chi connectivity index (χ0n) is 16.2. The highest BCUT2D eigenvalue weighted by Gasteiger charge is 2.53. The number of carbonyl (C=O) groups is 4. The van der Waals surface area contributed by atoms with Gasteiger partial charge in [0, 0.05) is 20.8 Å². The van der Waals surface area contributed by atoms with E-state index in [0.29, 0.717) is 0 Å². The van der Waals surface area contributed by atoms with E-state index in [1.165, 1.54) is 0 Å². The fourth-order valence-electron chi connectivity index (χ4n) is 2.56. The molecular formula is C17H20F3NO9. The summed E-state index contributed by atoms with van der Waals surface area (Å²) in [5.41, 5.74) is 0. The summed E-state index contributed by atoms with van der Waals surface area (Å²) in [6.07, 6.45) is -6.42. The molecular weight excluding hydrogens is 419 g/mol. The van der Waals surface area contributed by atoms with Gasteiger partial charge in [-0.2, -0.15) is 13.2 Å². The molecule has 13 heteroatoms. The molecule has 0 aromatic carbocycles. The molecule has 168 valence electrons. The molecule has 0 spiro atoms. The minimum absolute atomic E-state index is 0.450. The summed E-state index contributed by atoms with van der Waals surface area (Å²) in [5, 5.41) is 1.60. The largest absolute Gasteiger partial charge is 0.471 e. The number of rotatable bonds is 7. The fourth-order valence-corrected chi connectivity index (χ4v) is 2.56. The lowest BCUT2D eigenvalue weighted by Gasteiger charge is -2.44. The predicted octanol–water partition coefficient (Wildman–Crippen LogP) is -0.165. The van der Waals surface area contributed by atoms with Gasteiger partial charge in [-0.15, -0.1) is 6.42 Å². The fraction of sp³-hybridized carbons (Fsp3) is 0.647. The smallest absolute Gasteiger partial charge is 0.463 e. The first-order valence-corrected chi connectivity index (χ1v) is 8.42. The first kappa shape index (κ1) is 25.2. The number of amides is 1. The van der Waals surface area contributed by atoms with Gasteiger partial charge in [-0.3, -0.25) is 19.2 Å². The maximum absolute atomic E-state index is 12.8. The van der Waals surface area contributed by atoms with E-state index in [1.807, 2.05) is 0 Å². The second-order valence-electron chi connectivity index (χ2n) is 6.01. The van der Waals surface area contributed by atoms with Crippen LogP contribution in [0.15, 0.2) is 0 Å². The Morgan fingerprint density at radius 3 is 2.07 bits per heavy atom. The van der Waals surface area contributed by atoms with Gasteiger partial charge in [0.2, 0.25) is 0 Å². The summed E-state index contributed by atoms with van der Waals surface area (Å²) in [4.78, 5) is 45.7. The van der Waals surface area contributed by atoms with Crippen molar-refractivity contribution in [3.8, 4) is 12.3 Å². The van der Waals surface area contributed by atoms with E-state index < -0.39 is 73.8 Å². The lowest BCUT2D eigenvalue weighted by molar-refractivity contribution is -0.276. The quantitative estimate of drug-likeness (QED) is 0.327. The van der Waals surface area contributed by atoms with Crippen LogP contribution in [-0.2, 0) is 42.9 Å². The van der Waals surface area contributed by atoms with E-state index in [-0.39, 0.29) is 0 Å². The maximum Gasteiger partial charge on any atom is 0.471 e. The van der Waals surface area contributed by atoms with Crippen LogP contribution in [0, 0.1) is 12.3 Å². The van der Waals surface area contributed by atoms with Gasteiger partial charge in [-0.25, -0.2) is 0 Å². The van der Waals surface area contributed by atoms with Crippen molar-refractivity contribution in [2.75, 3.05) is 13.2 Å². The Labute approximate surface area is 169 Å². The van der Waals surface area contributed by atoms with E-state index in [2.05, 4.69) is 5.92 Å². The molecule has 1 N–H and O–H groups in total. The number of halogens is 3. The van der Waals surface area contributed by atoms with E-state index in [0.717, 1.165) is 20.8 Å². The first-order valence-electron chi connectivity index (χ1n) is 8.42. The van der Waals surface area contributed by atoms with Gasteiger partial charge in [0.1, 0.15) is 25.4 Å². The Morgan fingerprint density at radius 1 is 1.03 bits per heavy atom.